The average Bonchev–Trinajstić information content (AvgIpc) is 3.60. The molecule has 0 aromatic heterocycles. The number of Topliss-reactive ketones (excluding diaryl/α,β-unsaturated/α-hetero) is 1. The Morgan fingerprint density at radius 1 is 1.11 bits per heavy atom. The van der Waals surface area contributed by atoms with Crippen LogP contribution in [0.25, 0.3) is 0 Å². The highest BCUT2D eigenvalue weighted by atomic mass is 35.5. The Labute approximate surface area is 265 Å². The SMILES string of the molecule is CN(CC1CCCCC1Cl)C(=O)C(CC1=CNC2CCCCC12)NC(=O)C1C[C@@H](O)CN1C(=O)C12CCC(O)(CC1)CC2=O. The fourth-order valence-corrected chi connectivity index (χ4v) is 9.41. The Morgan fingerprint density at radius 3 is 2.55 bits per heavy atom. The van der Waals surface area contributed by atoms with E-state index in [1.54, 1.807) is 11.9 Å². The summed E-state index contributed by atoms with van der Waals surface area (Å²) in [5.41, 5.74) is -1.16. The number of rotatable bonds is 8. The van der Waals surface area contributed by atoms with E-state index in [9.17, 15) is 29.4 Å². The maximum Gasteiger partial charge on any atom is 0.245 e. The van der Waals surface area contributed by atoms with Crippen molar-refractivity contribution in [1.82, 2.24) is 20.4 Å². The summed E-state index contributed by atoms with van der Waals surface area (Å²) in [5.74, 6) is -0.839. The molecule has 11 heteroatoms. The number of aliphatic hydroxyl groups is 2. The minimum Gasteiger partial charge on any atom is -0.391 e. The molecule has 6 unspecified atom stereocenters. The molecule has 2 aliphatic heterocycles. The quantitative estimate of drug-likeness (QED) is 0.238. The number of ketones is 1. The lowest BCUT2D eigenvalue weighted by Gasteiger charge is -2.49. The zero-order valence-electron chi connectivity index (χ0n) is 25.9. The number of fused-ring (bicyclic) bond motifs is 4. The standard InChI is InChI=1S/C33H49ClN4O6/c1-37(18-20-6-2-4-8-24(20)34)30(42)26(14-21-17-35-25-9-5-3-7-23(21)25)36-29(41)27-15-22(39)19-38(27)31(43)33-12-10-32(44,11-13-33)16-28(33)40/h17,20,22-27,35,39,44H,2-16,18-19H2,1H3,(H,36,41)/t20?,22-,23?,24?,25?,26?,27?,32?,33?/m1/s1. The highest BCUT2D eigenvalue weighted by Crippen LogP contribution is 2.51. The molecule has 0 aromatic rings. The van der Waals surface area contributed by atoms with Crippen LogP contribution >= 0.6 is 11.6 Å². The molecule has 1 saturated heterocycles. The third-order valence-corrected chi connectivity index (χ3v) is 12.4. The van der Waals surface area contributed by atoms with Crippen LogP contribution in [0.3, 0.4) is 0 Å². The fourth-order valence-electron chi connectivity index (χ4n) is 9.05. The van der Waals surface area contributed by atoms with E-state index in [-0.39, 0.29) is 55.2 Å². The lowest BCUT2D eigenvalue weighted by Crippen LogP contribution is -2.61. The van der Waals surface area contributed by atoms with Crippen LogP contribution < -0.4 is 10.6 Å². The minimum absolute atomic E-state index is 0.0222. The van der Waals surface area contributed by atoms with Gasteiger partial charge in [0.05, 0.1) is 11.7 Å². The predicted octanol–water partition coefficient (Wildman–Crippen LogP) is 2.39. The molecule has 2 heterocycles. The Kier molecular flexibility index (Phi) is 9.07. The summed E-state index contributed by atoms with van der Waals surface area (Å²) in [6.45, 7) is 0.485. The summed E-state index contributed by atoms with van der Waals surface area (Å²) in [5, 5.41) is 27.8. The third kappa shape index (κ3) is 6.03. The fraction of sp³-hybridized carbons (Fsp3) is 0.818. The Hall–Kier alpha value is -2.17. The molecule has 0 aromatic carbocycles. The van der Waals surface area contributed by atoms with Crippen molar-refractivity contribution in [2.24, 2.45) is 17.3 Å². The number of halogens is 1. The van der Waals surface area contributed by atoms with Crippen molar-refractivity contribution in [3.8, 4) is 0 Å². The Balaban J connectivity index is 1.19. The molecular weight excluding hydrogens is 584 g/mol. The molecule has 7 atom stereocenters. The summed E-state index contributed by atoms with van der Waals surface area (Å²) < 4.78 is 0. The normalized spacial score (nSPS) is 38.9. The van der Waals surface area contributed by atoms with Gasteiger partial charge in [-0.3, -0.25) is 19.2 Å². The number of likely N-dealkylation sites (N-methyl/N-ethyl adjacent to an activating group) is 1. The number of nitrogens with zero attached hydrogens (tertiary/aromatic N) is 2. The second-order valence-electron chi connectivity index (χ2n) is 14.7. The molecule has 5 saturated carbocycles. The van der Waals surface area contributed by atoms with Gasteiger partial charge in [0, 0.05) is 50.3 Å². The van der Waals surface area contributed by atoms with E-state index in [4.69, 9.17) is 11.6 Å². The van der Waals surface area contributed by atoms with Gasteiger partial charge in [0.1, 0.15) is 17.5 Å². The molecule has 3 amide bonds. The first-order valence-corrected chi connectivity index (χ1v) is 17.3. The molecule has 244 valence electrons. The van der Waals surface area contributed by atoms with Crippen molar-refractivity contribution >= 4 is 35.1 Å². The van der Waals surface area contributed by atoms with Crippen LogP contribution in [0.2, 0.25) is 0 Å². The smallest absolute Gasteiger partial charge is 0.245 e. The molecule has 7 aliphatic rings. The number of likely N-dealkylation sites (tertiary alicyclic amines) is 1. The summed E-state index contributed by atoms with van der Waals surface area (Å²) in [4.78, 5) is 58.2. The van der Waals surface area contributed by atoms with Crippen LogP contribution in [0.1, 0.15) is 96.3 Å². The van der Waals surface area contributed by atoms with Gasteiger partial charge in [0.15, 0.2) is 5.78 Å². The van der Waals surface area contributed by atoms with Gasteiger partial charge in [0.2, 0.25) is 17.7 Å². The second-order valence-corrected chi connectivity index (χ2v) is 15.3. The summed E-state index contributed by atoms with van der Waals surface area (Å²) in [6, 6.07) is -1.44. The van der Waals surface area contributed by atoms with Crippen molar-refractivity contribution < 1.29 is 29.4 Å². The number of nitrogens with one attached hydrogen (secondary N) is 2. The lowest BCUT2D eigenvalue weighted by molar-refractivity contribution is -0.170. The van der Waals surface area contributed by atoms with E-state index in [0.29, 0.717) is 37.8 Å². The van der Waals surface area contributed by atoms with Gasteiger partial charge >= 0.3 is 0 Å². The van der Waals surface area contributed by atoms with Crippen LogP contribution in [0.15, 0.2) is 11.8 Å². The molecule has 44 heavy (non-hydrogen) atoms. The van der Waals surface area contributed by atoms with Gasteiger partial charge < -0.3 is 30.6 Å². The largest absolute Gasteiger partial charge is 0.391 e. The van der Waals surface area contributed by atoms with Gasteiger partial charge in [-0.15, -0.1) is 11.6 Å². The molecule has 10 nitrogen and oxygen atoms in total. The molecule has 2 bridgehead atoms. The topological polar surface area (TPSA) is 139 Å². The average molecular weight is 633 g/mol. The first-order chi connectivity index (χ1) is 21.0. The predicted molar refractivity (Wildman–Crippen MR) is 164 cm³/mol. The van der Waals surface area contributed by atoms with Gasteiger partial charge in [-0.25, -0.2) is 0 Å². The van der Waals surface area contributed by atoms with Crippen molar-refractivity contribution in [2.45, 2.75) is 132 Å². The lowest BCUT2D eigenvalue weighted by atomic mass is 9.57. The van der Waals surface area contributed by atoms with E-state index in [2.05, 4.69) is 10.6 Å². The number of alkyl halides is 1. The second kappa shape index (κ2) is 12.6. The van der Waals surface area contributed by atoms with Crippen molar-refractivity contribution in [1.29, 1.82) is 0 Å². The zero-order valence-corrected chi connectivity index (χ0v) is 26.7. The summed E-state index contributed by atoms with van der Waals surface area (Å²) >= 11 is 6.64. The van der Waals surface area contributed by atoms with Crippen molar-refractivity contribution in [3.05, 3.63) is 11.8 Å². The monoisotopic (exact) mass is 632 g/mol. The highest BCUT2D eigenvalue weighted by Gasteiger charge is 2.60. The van der Waals surface area contributed by atoms with E-state index in [1.165, 1.54) is 11.3 Å². The van der Waals surface area contributed by atoms with E-state index < -0.39 is 41.0 Å². The molecular formula is C33H49ClN4O6. The van der Waals surface area contributed by atoms with E-state index in [1.807, 2.05) is 6.20 Å². The summed E-state index contributed by atoms with van der Waals surface area (Å²) in [7, 11) is 1.78. The maximum absolute atomic E-state index is 14.0. The van der Waals surface area contributed by atoms with Gasteiger partial charge in [-0.05, 0) is 75.5 Å². The van der Waals surface area contributed by atoms with Crippen LogP contribution in [-0.4, -0.2) is 98.9 Å². The van der Waals surface area contributed by atoms with Crippen molar-refractivity contribution in [3.63, 3.8) is 0 Å². The molecule has 0 radical (unpaired) electrons. The Bertz CT molecular complexity index is 1180. The van der Waals surface area contributed by atoms with Gasteiger partial charge in [0.25, 0.3) is 0 Å². The number of carbonyl (C=O) groups is 4. The highest BCUT2D eigenvalue weighted by molar-refractivity contribution is 6.20. The van der Waals surface area contributed by atoms with E-state index >= 15 is 0 Å². The number of aliphatic hydroxyl groups excluding tert-OH is 1. The van der Waals surface area contributed by atoms with Crippen LogP contribution in [0.5, 0.6) is 0 Å². The molecule has 4 N–H and O–H groups in total. The first kappa shape index (κ1) is 31.8. The molecule has 7 rings (SSSR count). The number of β-amino-alcohol motifs (C(OH)–C–C–N with tert-alkyl or cyclic N) is 1. The van der Waals surface area contributed by atoms with Crippen molar-refractivity contribution in [2.75, 3.05) is 20.1 Å². The molecule has 6 fully saturated rings. The maximum atomic E-state index is 14.0. The minimum atomic E-state index is -1.25. The zero-order chi connectivity index (χ0) is 31.2. The number of hydrogen-bond acceptors (Lipinski definition) is 7. The van der Waals surface area contributed by atoms with Gasteiger partial charge in [-0.1, -0.05) is 25.7 Å². The summed E-state index contributed by atoms with van der Waals surface area (Å²) in [6.07, 6.45) is 11.3. The van der Waals surface area contributed by atoms with Crippen LogP contribution in [0.4, 0.5) is 0 Å². The van der Waals surface area contributed by atoms with Crippen LogP contribution in [0, 0.1) is 17.3 Å². The molecule has 5 aliphatic carbocycles. The molecule has 0 spiro atoms. The Morgan fingerprint density at radius 2 is 1.82 bits per heavy atom. The van der Waals surface area contributed by atoms with E-state index in [0.717, 1.165) is 50.5 Å². The van der Waals surface area contributed by atoms with Gasteiger partial charge in [-0.2, -0.15) is 0 Å². The number of carbonyl (C=O) groups excluding carboxylic acids is 4. The first-order valence-electron chi connectivity index (χ1n) is 16.9. The number of amides is 3. The third-order valence-electron chi connectivity index (χ3n) is 11.8. The van der Waals surface area contributed by atoms with Crippen LogP contribution in [-0.2, 0) is 19.2 Å². The number of hydrogen-bond donors (Lipinski definition) is 4.